The fraction of sp³-hybridized carbons (Fsp3) is 0.667. The summed E-state index contributed by atoms with van der Waals surface area (Å²) in [5.74, 6) is 0.779. The second kappa shape index (κ2) is 7.90. The molecule has 0 heterocycles. The van der Waals surface area contributed by atoms with E-state index in [0.29, 0.717) is 12.6 Å². The van der Waals surface area contributed by atoms with Gasteiger partial charge in [0.25, 0.3) is 0 Å². The van der Waals surface area contributed by atoms with Crippen molar-refractivity contribution in [3.05, 3.63) is 35.1 Å². The molecule has 1 saturated carbocycles. The molecule has 0 aliphatic heterocycles. The lowest BCUT2D eigenvalue weighted by Crippen LogP contribution is -2.34. The molecule has 1 aliphatic rings. The maximum atomic E-state index is 14.0. The Morgan fingerprint density at radius 3 is 2.62 bits per heavy atom. The van der Waals surface area contributed by atoms with Crippen LogP contribution in [0.3, 0.4) is 0 Å². The van der Waals surface area contributed by atoms with Crippen molar-refractivity contribution >= 4 is 0 Å². The average Bonchev–Trinajstić information content (AvgIpc) is 2.48. The molecule has 3 heteroatoms. The molecule has 0 aromatic heterocycles. The number of hydrogen-bond donors (Lipinski definition) is 1. The molecule has 0 spiro atoms. The highest BCUT2D eigenvalue weighted by atomic mass is 19.1. The summed E-state index contributed by atoms with van der Waals surface area (Å²) in [6, 6.07) is 6.11. The van der Waals surface area contributed by atoms with Gasteiger partial charge in [0.05, 0.1) is 0 Å². The maximum Gasteiger partial charge on any atom is 0.127 e. The third-order valence-electron chi connectivity index (χ3n) is 4.72. The quantitative estimate of drug-likeness (QED) is 0.854. The Morgan fingerprint density at radius 2 is 1.95 bits per heavy atom. The molecular weight excluding hydrogens is 263 g/mol. The Hall–Kier alpha value is -0.930. The zero-order valence-electron chi connectivity index (χ0n) is 13.7. The third-order valence-corrected chi connectivity index (χ3v) is 4.72. The fourth-order valence-corrected chi connectivity index (χ4v) is 3.21. The van der Waals surface area contributed by atoms with Crippen LogP contribution >= 0.6 is 0 Å². The summed E-state index contributed by atoms with van der Waals surface area (Å²) < 4.78 is 14.0. The number of benzene rings is 1. The maximum absolute atomic E-state index is 14.0. The molecule has 1 aromatic rings. The van der Waals surface area contributed by atoms with Crippen molar-refractivity contribution in [2.24, 2.45) is 5.92 Å². The van der Waals surface area contributed by atoms with Gasteiger partial charge in [-0.1, -0.05) is 26.0 Å². The van der Waals surface area contributed by atoms with Crippen LogP contribution in [0.25, 0.3) is 0 Å². The molecule has 1 N–H and O–H groups in total. The van der Waals surface area contributed by atoms with Gasteiger partial charge in [0.15, 0.2) is 0 Å². The highest BCUT2D eigenvalue weighted by Gasteiger charge is 2.22. The zero-order chi connectivity index (χ0) is 15.2. The summed E-state index contributed by atoms with van der Waals surface area (Å²) in [6.45, 7) is 6.88. The van der Waals surface area contributed by atoms with E-state index in [-0.39, 0.29) is 5.82 Å². The molecule has 118 valence electrons. The third kappa shape index (κ3) is 4.79. The van der Waals surface area contributed by atoms with Crippen LogP contribution in [-0.4, -0.2) is 24.5 Å². The van der Waals surface area contributed by atoms with E-state index in [1.807, 2.05) is 12.1 Å². The smallest absolute Gasteiger partial charge is 0.127 e. The first-order valence-electron chi connectivity index (χ1n) is 8.28. The first-order valence-corrected chi connectivity index (χ1v) is 8.28. The van der Waals surface area contributed by atoms with E-state index >= 15 is 0 Å². The summed E-state index contributed by atoms with van der Waals surface area (Å²) in [4.78, 5) is 2.33. The lowest BCUT2D eigenvalue weighted by atomic mass is 9.86. The molecule has 2 rings (SSSR count). The molecule has 0 bridgehead atoms. The highest BCUT2D eigenvalue weighted by Crippen LogP contribution is 2.27. The van der Waals surface area contributed by atoms with Crippen molar-refractivity contribution in [3.63, 3.8) is 0 Å². The van der Waals surface area contributed by atoms with Crippen molar-refractivity contribution in [3.8, 4) is 0 Å². The fourth-order valence-electron chi connectivity index (χ4n) is 3.21. The van der Waals surface area contributed by atoms with E-state index in [4.69, 9.17) is 0 Å². The van der Waals surface area contributed by atoms with Gasteiger partial charge in [0, 0.05) is 24.7 Å². The lowest BCUT2D eigenvalue weighted by Gasteiger charge is -2.33. The normalized spacial score (nSPS) is 22.7. The van der Waals surface area contributed by atoms with Crippen LogP contribution in [-0.2, 0) is 13.1 Å². The molecule has 0 saturated heterocycles. The summed E-state index contributed by atoms with van der Waals surface area (Å²) in [5.41, 5.74) is 1.99. The summed E-state index contributed by atoms with van der Waals surface area (Å²) in [6.07, 6.45) is 5.10. The molecule has 0 atom stereocenters. The zero-order valence-corrected chi connectivity index (χ0v) is 13.7. The van der Waals surface area contributed by atoms with Crippen LogP contribution in [0.15, 0.2) is 18.2 Å². The first kappa shape index (κ1) is 16.4. The van der Waals surface area contributed by atoms with Crippen LogP contribution in [0, 0.1) is 11.7 Å². The number of nitrogens with one attached hydrogen (secondary N) is 1. The Morgan fingerprint density at radius 1 is 1.24 bits per heavy atom. The van der Waals surface area contributed by atoms with Gasteiger partial charge in [-0.05, 0) is 56.8 Å². The van der Waals surface area contributed by atoms with Crippen LogP contribution in [0.2, 0.25) is 0 Å². The van der Waals surface area contributed by atoms with Crippen molar-refractivity contribution in [2.45, 2.75) is 58.7 Å². The predicted molar refractivity (Wildman–Crippen MR) is 86.7 cm³/mol. The van der Waals surface area contributed by atoms with E-state index in [2.05, 4.69) is 31.1 Å². The van der Waals surface area contributed by atoms with Crippen molar-refractivity contribution < 1.29 is 4.39 Å². The monoisotopic (exact) mass is 292 g/mol. The van der Waals surface area contributed by atoms with E-state index in [0.717, 1.165) is 24.6 Å². The lowest BCUT2D eigenvalue weighted by molar-refractivity contribution is 0.162. The van der Waals surface area contributed by atoms with Gasteiger partial charge >= 0.3 is 0 Å². The van der Waals surface area contributed by atoms with Gasteiger partial charge < -0.3 is 5.32 Å². The molecule has 1 aliphatic carbocycles. The van der Waals surface area contributed by atoms with Crippen LogP contribution in [0.5, 0.6) is 0 Å². The van der Waals surface area contributed by atoms with Crippen LogP contribution < -0.4 is 5.32 Å². The topological polar surface area (TPSA) is 15.3 Å². The van der Waals surface area contributed by atoms with Gasteiger partial charge in [-0.3, -0.25) is 4.90 Å². The van der Waals surface area contributed by atoms with Gasteiger partial charge in [-0.2, -0.15) is 0 Å². The number of hydrogen-bond acceptors (Lipinski definition) is 2. The Kier molecular flexibility index (Phi) is 6.19. The van der Waals surface area contributed by atoms with Crippen LogP contribution in [0.4, 0.5) is 4.39 Å². The first-order chi connectivity index (χ1) is 10.1. The molecule has 1 fully saturated rings. The second-order valence-corrected chi connectivity index (χ2v) is 6.53. The molecule has 0 unspecified atom stereocenters. The molecule has 1 aromatic carbocycles. The van der Waals surface area contributed by atoms with Crippen molar-refractivity contribution in [2.75, 3.05) is 13.6 Å². The Labute approximate surface area is 128 Å². The molecule has 0 amide bonds. The van der Waals surface area contributed by atoms with Crippen molar-refractivity contribution in [1.29, 1.82) is 0 Å². The van der Waals surface area contributed by atoms with Gasteiger partial charge in [-0.25, -0.2) is 4.39 Å². The van der Waals surface area contributed by atoms with E-state index < -0.39 is 0 Å². The molecule has 21 heavy (non-hydrogen) atoms. The minimum Gasteiger partial charge on any atom is -0.313 e. The highest BCUT2D eigenvalue weighted by molar-refractivity contribution is 5.25. The minimum atomic E-state index is -0.0775. The summed E-state index contributed by atoms with van der Waals surface area (Å²) >= 11 is 0. The standard InChI is InChI=1S/C18H29FN2/c1-4-20-12-15-7-10-18(19)16(11-15)13-21(3)17-8-5-14(2)6-9-17/h7,10-11,14,17,20H,4-6,8-9,12-13H2,1-3H3. The van der Waals surface area contributed by atoms with Crippen LogP contribution in [0.1, 0.15) is 50.7 Å². The molecular formula is C18H29FN2. The minimum absolute atomic E-state index is 0.0775. The molecule has 0 radical (unpaired) electrons. The second-order valence-electron chi connectivity index (χ2n) is 6.53. The number of nitrogens with zero attached hydrogens (tertiary/aromatic N) is 1. The largest absolute Gasteiger partial charge is 0.313 e. The van der Waals surface area contributed by atoms with Gasteiger partial charge in [0.2, 0.25) is 0 Å². The number of rotatable bonds is 6. The van der Waals surface area contributed by atoms with Gasteiger partial charge in [-0.15, -0.1) is 0 Å². The number of halogens is 1. The Bertz CT molecular complexity index is 439. The van der Waals surface area contributed by atoms with E-state index in [1.165, 1.54) is 31.2 Å². The SMILES string of the molecule is CCNCc1ccc(F)c(CN(C)C2CCC(C)CC2)c1. The Balaban J connectivity index is 1.97. The average molecular weight is 292 g/mol. The van der Waals surface area contributed by atoms with Crippen molar-refractivity contribution in [1.82, 2.24) is 10.2 Å². The van der Waals surface area contributed by atoms with E-state index in [1.54, 1.807) is 6.07 Å². The van der Waals surface area contributed by atoms with Gasteiger partial charge in [0.1, 0.15) is 5.82 Å². The predicted octanol–water partition coefficient (Wildman–Crippen LogP) is 3.95. The van der Waals surface area contributed by atoms with E-state index in [9.17, 15) is 4.39 Å². The summed E-state index contributed by atoms with van der Waals surface area (Å²) in [5, 5.41) is 3.30. The molecule has 2 nitrogen and oxygen atoms in total. The summed E-state index contributed by atoms with van der Waals surface area (Å²) in [7, 11) is 2.14.